The fraction of sp³-hybridized carbons (Fsp3) is 0.692. The zero-order chi connectivity index (χ0) is 12.8. The van der Waals surface area contributed by atoms with Gasteiger partial charge in [-0.15, -0.1) is 0 Å². The summed E-state index contributed by atoms with van der Waals surface area (Å²) in [6, 6.07) is 0. The van der Waals surface area contributed by atoms with Crippen molar-refractivity contribution in [1.29, 1.82) is 0 Å². The van der Waals surface area contributed by atoms with Gasteiger partial charge in [-0.25, -0.2) is 9.97 Å². The number of hydrogen-bond acceptors (Lipinski definition) is 5. The molecule has 1 aromatic heterocycles. The van der Waals surface area contributed by atoms with Crippen LogP contribution in [0.1, 0.15) is 30.7 Å². The van der Waals surface area contributed by atoms with Crippen molar-refractivity contribution in [1.82, 2.24) is 15.3 Å². The summed E-state index contributed by atoms with van der Waals surface area (Å²) in [5.41, 5.74) is 0.864. The monoisotopic (exact) mass is 251 g/mol. The van der Waals surface area contributed by atoms with Crippen LogP contribution < -0.4 is 5.32 Å². The molecule has 1 aromatic rings. The molecule has 0 aromatic carbocycles. The van der Waals surface area contributed by atoms with Crippen LogP contribution in [0.25, 0.3) is 0 Å². The number of hydrogen-bond donors (Lipinski definition) is 1. The molecule has 2 rings (SSSR count). The summed E-state index contributed by atoms with van der Waals surface area (Å²) in [5.74, 6) is 0.817. The van der Waals surface area contributed by atoms with Crippen molar-refractivity contribution in [2.24, 2.45) is 0 Å². The Morgan fingerprint density at radius 1 is 1.28 bits per heavy atom. The predicted molar refractivity (Wildman–Crippen MR) is 68.2 cm³/mol. The van der Waals surface area contributed by atoms with E-state index in [0.29, 0.717) is 6.61 Å². The molecule has 0 amide bonds. The second kappa shape index (κ2) is 6.22. The third kappa shape index (κ3) is 2.85. The molecule has 0 radical (unpaired) electrons. The van der Waals surface area contributed by atoms with Crippen molar-refractivity contribution in [2.75, 3.05) is 27.4 Å². The van der Waals surface area contributed by atoms with Crippen LogP contribution in [0.3, 0.4) is 0 Å². The van der Waals surface area contributed by atoms with E-state index in [2.05, 4.69) is 15.3 Å². The Morgan fingerprint density at radius 3 is 2.50 bits per heavy atom. The molecule has 1 N–H and O–H groups in total. The van der Waals surface area contributed by atoms with E-state index in [4.69, 9.17) is 9.47 Å². The van der Waals surface area contributed by atoms with Crippen LogP contribution >= 0.6 is 0 Å². The highest BCUT2D eigenvalue weighted by Crippen LogP contribution is 2.42. The van der Waals surface area contributed by atoms with Gasteiger partial charge in [0.05, 0.1) is 6.61 Å². The first kappa shape index (κ1) is 13.4. The predicted octanol–water partition coefficient (Wildman–Crippen LogP) is 1.24. The highest BCUT2D eigenvalue weighted by molar-refractivity contribution is 5.12. The van der Waals surface area contributed by atoms with Crippen molar-refractivity contribution < 1.29 is 9.47 Å². The largest absolute Gasteiger partial charge is 0.383 e. The first-order chi connectivity index (χ1) is 8.80. The Morgan fingerprint density at radius 2 is 2.00 bits per heavy atom. The molecule has 1 heterocycles. The fourth-order valence-corrected chi connectivity index (χ4v) is 2.11. The van der Waals surface area contributed by atoms with Crippen molar-refractivity contribution in [3.05, 3.63) is 23.8 Å². The molecular weight excluding hydrogens is 230 g/mol. The molecule has 1 aliphatic rings. The fourth-order valence-electron chi connectivity index (χ4n) is 2.11. The van der Waals surface area contributed by atoms with Gasteiger partial charge in [0.2, 0.25) is 0 Å². The Hall–Kier alpha value is -1.04. The Bertz CT molecular complexity index is 357. The molecule has 5 heteroatoms. The van der Waals surface area contributed by atoms with Crippen molar-refractivity contribution in [2.45, 2.75) is 31.4 Å². The molecule has 0 bridgehead atoms. The first-order valence-electron chi connectivity index (χ1n) is 6.37. The molecule has 0 spiro atoms. The zero-order valence-electron chi connectivity index (χ0n) is 11.1. The third-order valence-electron chi connectivity index (χ3n) is 3.48. The van der Waals surface area contributed by atoms with Crippen molar-refractivity contribution in [3.63, 3.8) is 0 Å². The summed E-state index contributed by atoms with van der Waals surface area (Å²) in [5, 5.41) is 3.27. The lowest BCUT2D eigenvalue weighted by Gasteiger charge is -2.38. The highest BCUT2D eigenvalue weighted by Gasteiger charge is 2.41. The van der Waals surface area contributed by atoms with E-state index < -0.39 is 0 Å². The van der Waals surface area contributed by atoms with Gasteiger partial charge in [-0.05, 0) is 19.3 Å². The van der Waals surface area contributed by atoms with Gasteiger partial charge >= 0.3 is 0 Å². The Balaban J connectivity index is 1.89. The van der Waals surface area contributed by atoms with Gasteiger partial charge in [0.1, 0.15) is 5.60 Å². The molecule has 0 atom stereocenters. The lowest BCUT2D eigenvalue weighted by Crippen LogP contribution is -2.38. The van der Waals surface area contributed by atoms with E-state index >= 15 is 0 Å². The SMILES string of the molecule is COCCNCc1cnc(C2(OC)CCC2)nc1. The Labute approximate surface area is 108 Å². The van der Waals surface area contributed by atoms with Gasteiger partial charge in [0, 0.05) is 45.3 Å². The molecule has 0 saturated heterocycles. The lowest BCUT2D eigenvalue weighted by atomic mass is 9.79. The maximum absolute atomic E-state index is 5.56. The van der Waals surface area contributed by atoms with Crippen LogP contribution in [-0.2, 0) is 21.6 Å². The molecule has 1 fully saturated rings. The quantitative estimate of drug-likeness (QED) is 0.739. The maximum atomic E-state index is 5.56. The molecule has 5 nitrogen and oxygen atoms in total. The number of methoxy groups -OCH3 is 2. The summed E-state index contributed by atoms with van der Waals surface area (Å²) in [7, 11) is 3.44. The van der Waals surface area contributed by atoms with Crippen LogP contribution in [0.15, 0.2) is 12.4 Å². The first-order valence-corrected chi connectivity index (χ1v) is 6.37. The highest BCUT2D eigenvalue weighted by atomic mass is 16.5. The van der Waals surface area contributed by atoms with Gasteiger partial charge in [0.25, 0.3) is 0 Å². The molecule has 18 heavy (non-hydrogen) atoms. The topological polar surface area (TPSA) is 56.3 Å². The minimum atomic E-state index is -0.220. The molecule has 0 unspecified atom stereocenters. The molecular formula is C13H21N3O2. The smallest absolute Gasteiger partial charge is 0.160 e. The van der Waals surface area contributed by atoms with E-state index in [1.807, 2.05) is 12.4 Å². The van der Waals surface area contributed by atoms with E-state index in [1.54, 1.807) is 14.2 Å². The molecule has 1 saturated carbocycles. The second-order valence-electron chi connectivity index (χ2n) is 4.64. The second-order valence-corrected chi connectivity index (χ2v) is 4.64. The van der Waals surface area contributed by atoms with Crippen LogP contribution in [0, 0.1) is 0 Å². The van der Waals surface area contributed by atoms with E-state index in [0.717, 1.165) is 37.3 Å². The van der Waals surface area contributed by atoms with Crippen LogP contribution in [-0.4, -0.2) is 37.3 Å². The third-order valence-corrected chi connectivity index (χ3v) is 3.48. The number of rotatable bonds is 7. The number of ether oxygens (including phenoxy) is 2. The standard InChI is InChI=1S/C13H21N3O2/c1-17-7-6-14-8-11-9-15-12(16-10-11)13(18-2)4-3-5-13/h9-10,14H,3-8H2,1-2H3. The van der Waals surface area contributed by atoms with E-state index in [1.165, 1.54) is 6.42 Å². The minimum absolute atomic E-state index is 0.220. The summed E-state index contributed by atoms with van der Waals surface area (Å²) >= 11 is 0. The average molecular weight is 251 g/mol. The average Bonchev–Trinajstić information content (AvgIpc) is 2.36. The van der Waals surface area contributed by atoms with Crippen LogP contribution in [0.5, 0.6) is 0 Å². The molecule has 100 valence electrons. The number of aromatic nitrogens is 2. The van der Waals surface area contributed by atoms with Gasteiger partial charge in [-0.2, -0.15) is 0 Å². The Kier molecular flexibility index (Phi) is 4.63. The van der Waals surface area contributed by atoms with Gasteiger partial charge < -0.3 is 14.8 Å². The summed E-state index contributed by atoms with van der Waals surface area (Å²) < 4.78 is 10.5. The number of nitrogens with zero attached hydrogens (tertiary/aromatic N) is 2. The normalized spacial score (nSPS) is 17.4. The van der Waals surface area contributed by atoms with E-state index in [9.17, 15) is 0 Å². The number of nitrogens with one attached hydrogen (secondary N) is 1. The zero-order valence-corrected chi connectivity index (χ0v) is 11.1. The lowest BCUT2D eigenvalue weighted by molar-refractivity contribution is -0.0847. The summed E-state index contributed by atoms with van der Waals surface area (Å²) in [6.45, 7) is 2.32. The van der Waals surface area contributed by atoms with E-state index in [-0.39, 0.29) is 5.60 Å². The van der Waals surface area contributed by atoms with Gasteiger partial charge in [-0.3, -0.25) is 0 Å². The molecule has 0 aliphatic heterocycles. The van der Waals surface area contributed by atoms with Crippen LogP contribution in [0.4, 0.5) is 0 Å². The minimum Gasteiger partial charge on any atom is -0.383 e. The van der Waals surface area contributed by atoms with Crippen LogP contribution in [0.2, 0.25) is 0 Å². The van der Waals surface area contributed by atoms with Gasteiger partial charge in [0.15, 0.2) is 5.82 Å². The summed E-state index contributed by atoms with van der Waals surface area (Å²) in [4.78, 5) is 8.87. The maximum Gasteiger partial charge on any atom is 0.160 e. The van der Waals surface area contributed by atoms with Crippen molar-refractivity contribution in [3.8, 4) is 0 Å². The van der Waals surface area contributed by atoms with Gasteiger partial charge in [-0.1, -0.05) is 0 Å². The summed E-state index contributed by atoms with van der Waals surface area (Å²) in [6.07, 6.45) is 6.99. The molecule has 1 aliphatic carbocycles. The van der Waals surface area contributed by atoms with Crippen molar-refractivity contribution >= 4 is 0 Å².